The van der Waals surface area contributed by atoms with E-state index in [0.717, 1.165) is 35.0 Å². The summed E-state index contributed by atoms with van der Waals surface area (Å²) in [6, 6.07) is 7.70. The normalized spacial score (nSPS) is 13.1. The van der Waals surface area contributed by atoms with Crippen LogP contribution in [0.3, 0.4) is 0 Å². The molecule has 16 heavy (non-hydrogen) atoms. The lowest BCUT2D eigenvalue weighted by Crippen LogP contribution is -2.18. The Morgan fingerprint density at radius 3 is 2.81 bits per heavy atom. The van der Waals surface area contributed by atoms with Gasteiger partial charge in [-0.05, 0) is 24.5 Å². The molecule has 2 aromatic rings. The van der Waals surface area contributed by atoms with E-state index in [1.54, 1.807) is 0 Å². The number of methoxy groups -OCH3 is 1. The van der Waals surface area contributed by atoms with Gasteiger partial charge in [0.1, 0.15) is 0 Å². The van der Waals surface area contributed by atoms with E-state index in [1.165, 1.54) is 7.11 Å². The number of hydrogen-bond donors (Lipinski definition) is 0. The number of rotatable bonds is 1. The number of ether oxygens (including phenoxy) is 1. The topological polar surface area (TPSA) is 39.2 Å². The van der Waals surface area contributed by atoms with Crippen LogP contribution in [0, 0.1) is 0 Å². The standard InChI is InChI=1S/C13H11NO2/c1-16-13(15)12-8-4-2-3-5-10(8)14-11-7-6-9(11)12/h2-5H,6-7H2,1H3. The number of aryl methyl sites for hydroxylation is 1. The molecule has 1 aromatic carbocycles. The summed E-state index contributed by atoms with van der Waals surface area (Å²) in [4.78, 5) is 16.3. The summed E-state index contributed by atoms with van der Waals surface area (Å²) >= 11 is 0. The molecule has 1 aliphatic rings. The quantitative estimate of drug-likeness (QED) is 0.681. The number of hydrogen-bond acceptors (Lipinski definition) is 3. The molecule has 0 fully saturated rings. The molecule has 80 valence electrons. The van der Waals surface area contributed by atoms with Gasteiger partial charge in [-0.3, -0.25) is 4.98 Å². The molecule has 0 saturated heterocycles. The monoisotopic (exact) mass is 213 g/mol. The first-order valence-corrected chi connectivity index (χ1v) is 5.30. The first-order chi connectivity index (χ1) is 7.81. The molecule has 0 radical (unpaired) electrons. The van der Waals surface area contributed by atoms with E-state index in [0.29, 0.717) is 5.56 Å². The lowest BCUT2D eigenvalue weighted by molar-refractivity contribution is 0.0601. The van der Waals surface area contributed by atoms with Crippen molar-refractivity contribution in [1.29, 1.82) is 0 Å². The molecule has 3 rings (SSSR count). The summed E-state index contributed by atoms with van der Waals surface area (Å²) < 4.78 is 4.85. The Bertz CT molecular complexity index is 590. The molecule has 0 unspecified atom stereocenters. The molecule has 1 heterocycles. The second-order valence-electron chi connectivity index (χ2n) is 3.92. The zero-order valence-corrected chi connectivity index (χ0v) is 8.99. The van der Waals surface area contributed by atoms with Gasteiger partial charge in [-0.25, -0.2) is 4.79 Å². The molecule has 3 nitrogen and oxygen atoms in total. The van der Waals surface area contributed by atoms with Crippen molar-refractivity contribution in [3.63, 3.8) is 0 Å². The third kappa shape index (κ3) is 1.14. The second-order valence-corrected chi connectivity index (χ2v) is 3.92. The number of pyridine rings is 1. The maximum atomic E-state index is 11.8. The zero-order chi connectivity index (χ0) is 11.1. The van der Waals surface area contributed by atoms with Crippen molar-refractivity contribution in [2.75, 3.05) is 7.11 Å². The molecule has 3 heteroatoms. The van der Waals surface area contributed by atoms with Crippen LogP contribution in [0.15, 0.2) is 24.3 Å². The van der Waals surface area contributed by atoms with Crippen LogP contribution in [0.5, 0.6) is 0 Å². The molecule has 0 spiro atoms. The minimum absolute atomic E-state index is 0.255. The largest absolute Gasteiger partial charge is 0.465 e. The third-order valence-corrected chi connectivity index (χ3v) is 3.08. The maximum absolute atomic E-state index is 11.8. The Morgan fingerprint density at radius 2 is 2.12 bits per heavy atom. The Kier molecular flexibility index (Phi) is 1.93. The van der Waals surface area contributed by atoms with Crippen LogP contribution in [0.25, 0.3) is 10.9 Å². The van der Waals surface area contributed by atoms with Crippen molar-refractivity contribution in [2.45, 2.75) is 12.8 Å². The minimum Gasteiger partial charge on any atom is -0.465 e. The van der Waals surface area contributed by atoms with E-state index in [9.17, 15) is 4.79 Å². The van der Waals surface area contributed by atoms with Crippen molar-refractivity contribution in [3.8, 4) is 0 Å². The highest BCUT2D eigenvalue weighted by molar-refractivity contribution is 6.05. The smallest absolute Gasteiger partial charge is 0.338 e. The van der Waals surface area contributed by atoms with Gasteiger partial charge in [0.05, 0.1) is 18.2 Å². The number of fused-ring (bicyclic) bond motifs is 2. The molecule has 0 saturated carbocycles. The fraction of sp³-hybridized carbons (Fsp3) is 0.231. The van der Waals surface area contributed by atoms with Gasteiger partial charge in [0.15, 0.2) is 0 Å². The number of para-hydroxylation sites is 1. The maximum Gasteiger partial charge on any atom is 0.338 e. The second kappa shape index (κ2) is 3.30. The van der Waals surface area contributed by atoms with Crippen LogP contribution in [0.1, 0.15) is 21.6 Å². The zero-order valence-electron chi connectivity index (χ0n) is 8.99. The lowest BCUT2D eigenvalue weighted by atomic mass is 9.87. The number of aromatic nitrogens is 1. The molecule has 0 aliphatic heterocycles. The van der Waals surface area contributed by atoms with Gasteiger partial charge >= 0.3 is 5.97 Å². The fourth-order valence-electron chi connectivity index (χ4n) is 2.18. The predicted octanol–water partition coefficient (Wildman–Crippen LogP) is 2.12. The molecule has 0 atom stereocenters. The van der Waals surface area contributed by atoms with Crippen LogP contribution in [-0.4, -0.2) is 18.1 Å². The van der Waals surface area contributed by atoms with Crippen molar-refractivity contribution in [2.24, 2.45) is 0 Å². The summed E-state index contributed by atoms with van der Waals surface area (Å²) in [7, 11) is 1.42. The van der Waals surface area contributed by atoms with E-state index in [4.69, 9.17) is 4.74 Å². The minimum atomic E-state index is -0.255. The van der Waals surface area contributed by atoms with Crippen LogP contribution < -0.4 is 0 Å². The molecule has 1 aliphatic carbocycles. The fourth-order valence-corrected chi connectivity index (χ4v) is 2.18. The van der Waals surface area contributed by atoms with Gasteiger partial charge in [-0.15, -0.1) is 0 Å². The van der Waals surface area contributed by atoms with Crippen molar-refractivity contribution in [1.82, 2.24) is 4.98 Å². The van der Waals surface area contributed by atoms with Crippen LogP contribution in [0.4, 0.5) is 0 Å². The van der Waals surface area contributed by atoms with Crippen LogP contribution in [0.2, 0.25) is 0 Å². The van der Waals surface area contributed by atoms with Gasteiger partial charge in [-0.2, -0.15) is 0 Å². The molecular formula is C13H11NO2. The first kappa shape index (κ1) is 9.33. The van der Waals surface area contributed by atoms with E-state index >= 15 is 0 Å². The van der Waals surface area contributed by atoms with Gasteiger partial charge in [-0.1, -0.05) is 18.2 Å². The Labute approximate surface area is 93.1 Å². The number of benzene rings is 1. The van der Waals surface area contributed by atoms with Crippen LogP contribution in [-0.2, 0) is 17.6 Å². The van der Waals surface area contributed by atoms with E-state index in [2.05, 4.69) is 4.98 Å². The van der Waals surface area contributed by atoms with Crippen LogP contribution >= 0.6 is 0 Å². The molecule has 0 amide bonds. The first-order valence-electron chi connectivity index (χ1n) is 5.30. The van der Waals surface area contributed by atoms with E-state index < -0.39 is 0 Å². The van der Waals surface area contributed by atoms with Crippen molar-refractivity contribution < 1.29 is 9.53 Å². The molecule has 1 aromatic heterocycles. The van der Waals surface area contributed by atoms with Gasteiger partial charge in [0.2, 0.25) is 0 Å². The Hall–Kier alpha value is -1.90. The van der Waals surface area contributed by atoms with E-state index in [1.807, 2.05) is 24.3 Å². The number of carbonyl (C=O) groups is 1. The highest BCUT2D eigenvalue weighted by Gasteiger charge is 2.25. The SMILES string of the molecule is COC(=O)c1c2c(nc3ccccc13)CC2. The number of esters is 1. The summed E-state index contributed by atoms with van der Waals surface area (Å²) in [5.74, 6) is -0.255. The number of nitrogens with zero attached hydrogens (tertiary/aromatic N) is 1. The van der Waals surface area contributed by atoms with Crippen molar-refractivity contribution >= 4 is 16.9 Å². The Morgan fingerprint density at radius 1 is 1.31 bits per heavy atom. The average molecular weight is 213 g/mol. The predicted molar refractivity (Wildman–Crippen MR) is 60.5 cm³/mol. The third-order valence-electron chi connectivity index (χ3n) is 3.08. The van der Waals surface area contributed by atoms with Gasteiger partial charge in [0.25, 0.3) is 0 Å². The Balaban J connectivity index is 2.38. The van der Waals surface area contributed by atoms with E-state index in [-0.39, 0.29) is 5.97 Å². The number of carbonyl (C=O) groups excluding carboxylic acids is 1. The summed E-state index contributed by atoms with van der Waals surface area (Å²) in [5, 5.41) is 0.896. The van der Waals surface area contributed by atoms with Gasteiger partial charge in [0, 0.05) is 11.1 Å². The lowest BCUT2D eigenvalue weighted by Gasteiger charge is -2.21. The van der Waals surface area contributed by atoms with Gasteiger partial charge < -0.3 is 4.74 Å². The molecule has 0 bridgehead atoms. The average Bonchev–Trinajstić information content (AvgIpc) is 2.30. The summed E-state index contributed by atoms with van der Waals surface area (Å²) in [6.07, 6.45) is 1.89. The van der Waals surface area contributed by atoms with Crippen molar-refractivity contribution in [3.05, 3.63) is 41.1 Å². The molecule has 0 N–H and O–H groups in total. The highest BCUT2D eigenvalue weighted by atomic mass is 16.5. The highest BCUT2D eigenvalue weighted by Crippen LogP contribution is 2.31. The summed E-state index contributed by atoms with van der Waals surface area (Å²) in [6.45, 7) is 0. The molecular weight excluding hydrogens is 202 g/mol. The summed E-state index contributed by atoms with van der Waals surface area (Å²) in [5.41, 5.74) is 3.68.